The number of aliphatic hydroxyl groups excluding tert-OH is 1. The van der Waals surface area contributed by atoms with Crippen molar-refractivity contribution in [3.63, 3.8) is 0 Å². The maximum atomic E-state index is 12.4. The number of carbonyl (C=O) groups is 1. The SMILES string of the molecule is CCC1(C(=O)N2CCC(CO)C2)CCCN1. The Hall–Kier alpha value is -0.610. The van der Waals surface area contributed by atoms with Crippen molar-refractivity contribution in [3.05, 3.63) is 0 Å². The topological polar surface area (TPSA) is 52.6 Å². The highest BCUT2D eigenvalue weighted by Crippen LogP contribution is 2.28. The van der Waals surface area contributed by atoms with E-state index in [-0.39, 0.29) is 18.1 Å². The van der Waals surface area contributed by atoms with Crippen LogP contribution in [0.4, 0.5) is 0 Å². The highest BCUT2D eigenvalue weighted by molar-refractivity contribution is 5.87. The van der Waals surface area contributed by atoms with Crippen molar-refractivity contribution in [2.24, 2.45) is 5.92 Å². The number of likely N-dealkylation sites (tertiary alicyclic amines) is 1. The molecule has 0 aromatic rings. The molecule has 0 radical (unpaired) electrons. The second-order valence-electron chi connectivity index (χ2n) is 5.05. The molecule has 2 fully saturated rings. The van der Waals surface area contributed by atoms with Gasteiger partial charge in [-0.3, -0.25) is 4.79 Å². The normalized spacial score (nSPS) is 34.6. The molecule has 2 heterocycles. The minimum atomic E-state index is -0.301. The van der Waals surface area contributed by atoms with Gasteiger partial charge in [0, 0.05) is 25.6 Å². The van der Waals surface area contributed by atoms with Crippen LogP contribution in [-0.2, 0) is 4.79 Å². The summed E-state index contributed by atoms with van der Waals surface area (Å²) >= 11 is 0. The number of aliphatic hydroxyl groups is 1. The molecule has 2 aliphatic heterocycles. The van der Waals surface area contributed by atoms with Crippen molar-refractivity contribution in [1.29, 1.82) is 0 Å². The summed E-state index contributed by atoms with van der Waals surface area (Å²) in [6, 6.07) is 0. The zero-order chi connectivity index (χ0) is 11.6. The van der Waals surface area contributed by atoms with Crippen molar-refractivity contribution in [2.45, 2.75) is 38.1 Å². The van der Waals surface area contributed by atoms with Gasteiger partial charge < -0.3 is 15.3 Å². The third-order valence-electron chi connectivity index (χ3n) is 4.09. The number of rotatable bonds is 3. The predicted octanol–water partition coefficient (Wildman–Crippen LogP) is 0.359. The van der Waals surface area contributed by atoms with Crippen molar-refractivity contribution < 1.29 is 9.90 Å². The van der Waals surface area contributed by atoms with Crippen LogP contribution in [0.25, 0.3) is 0 Å². The fourth-order valence-corrected chi connectivity index (χ4v) is 2.91. The Kier molecular flexibility index (Phi) is 3.50. The monoisotopic (exact) mass is 226 g/mol. The lowest BCUT2D eigenvalue weighted by Crippen LogP contribution is -2.54. The van der Waals surface area contributed by atoms with Gasteiger partial charge in [0.1, 0.15) is 0 Å². The van der Waals surface area contributed by atoms with Gasteiger partial charge >= 0.3 is 0 Å². The van der Waals surface area contributed by atoms with E-state index in [4.69, 9.17) is 5.11 Å². The first-order chi connectivity index (χ1) is 7.72. The fourth-order valence-electron chi connectivity index (χ4n) is 2.91. The average molecular weight is 226 g/mol. The lowest BCUT2D eigenvalue weighted by Gasteiger charge is -2.31. The molecule has 0 aliphatic carbocycles. The molecule has 92 valence electrons. The average Bonchev–Trinajstić information content (AvgIpc) is 2.98. The first-order valence-corrected chi connectivity index (χ1v) is 6.37. The Morgan fingerprint density at radius 1 is 1.62 bits per heavy atom. The molecule has 4 heteroatoms. The quantitative estimate of drug-likeness (QED) is 0.730. The van der Waals surface area contributed by atoms with E-state index in [0.29, 0.717) is 5.92 Å². The molecule has 0 aromatic heterocycles. The summed E-state index contributed by atoms with van der Waals surface area (Å²) in [5, 5.41) is 12.5. The summed E-state index contributed by atoms with van der Waals surface area (Å²) in [5.74, 6) is 0.544. The number of hydrogen-bond acceptors (Lipinski definition) is 3. The molecular weight excluding hydrogens is 204 g/mol. The Bertz CT molecular complexity index is 262. The van der Waals surface area contributed by atoms with Crippen LogP contribution in [0.15, 0.2) is 0 Å². The van der Waals surface area contributed by atoms with Crippen molar-refractivity contribution >= 4 is 5.91 Å². The first-order valence-electron chi connectivity index (χ1n) is 6.37. The van der Waals surface area contributed by atoms with E-state index in [0.717, 1.165) is 45.3 Å². The molecule has 16 heavy (non-hydrogen) atoms. The molecule has 2 saturated heterocycles. The van der Waals surface area contributed by atoms with Crippen LogP contribution in [0.1, 0.15) is 32.6 Å². The van der Waals surface area contributed by atoms with Crippen LogP contribution in [-0.4, -0.2) is 47.7 Å². The van der Waals surface area contributed by atoms with E-state index in [2.05, 4.69) is 12.2 Å². The molecule has 0 spiro atoms. The molecule has 4 nitrogen and oxygen atoms in total. The summed E-state index contributed by atoms with van der Waals surface area (Å²) in [6.07, 6.45) is 3.87. The van der Waals surface area contributed by atoms with Gasteiger partial charge in [0.2, 0.25) is 5.91 Å². The van der Waals surface area contributed by atoms with E-state index in [1.807, 2.05) is 4.90 Å². The number of carbonyl (C=O) groups excluding carboxylic acids is 1. The summed E-state index contributed by atoms with van der Waals surface area (Å²) in [5.41, 5.74) is -0.301. The Balaban J connectivity index is 2.01. The van der Waals surface area contributed by atoms with Gasteiger partial charge in [0.15, 0.2) is 0 Å². The van der Waals surface area contributed by atoms with Crippen LogP contribution in [0.2, 0.25) is 0 Å². The Morgan fingerprint density at radius 3 is 2.94 bits per heavy atom. The lowest BCUT2D eigenvalue weighted by atomic mass is 9.92. The number of amides is 1. The number of nitrogens with zero attached hydrogens (tertiary/aromatic N) is 1. The van der Waals surface area contributed by atoms with Gasteiger partial charge in [0.05, 0.1) is 5.54 Å². The van der Waals surface area contributed by atoms with Gasteiger partial charge in [-0.25, -0.2) is 0 Å². The van der Waals surface area contributed by atoms with Crippen LogP contribution in [0.3, 0.4) is 0 Å². The lowest BCUT2D eigenvalue weighted by molar-refractivity contribution is -0.137. The van der Waals surface area contributed by atoms with E-state index in [1.165, 1.54) is 0 Å². The van der Waals surface area contributed by atoms with Gasteiger partial charge in [-0.2, -0.15) is 0 Å². The molecular formula is C12H22N2O2. The molecule has 0 saturated carbocycles. The Morgan fingerprint density at radius 2 is 2.44 bits per heavy atom. The highest BCUT2D eigenvalue weighted by Gasteiger charge is 2.43. The number of nitrogens with one attached hydrogen (secondary N) is 1. The van der Waals surface area contributed by atoms with Crippen molar-refractivity contribution in [3.8, 4) is 0 Å². The molecule has 0 aromatic carbocycles. The third-order valence-corrected chi connectivity index (χ3v) is 4.09. The molecule has 2 aliphatic rings. The van der Waals surface area contributed by atoms with Gasteiger partial charge in [-0.15, -0.1) is 0 Å². The standard InChI is InChI=1S/C12H22N2O2/c1-2-12(5-3-6-13-12)11(16)14-7-4-10(8-14)9-15/h10,13,15H,2-9H2,1H3. The second kappa shape index (κ2) is 4.72. The van der Waals surface area contributed by atoms with E-state index >= 15 is 0 Å². The van der Waals surface area contributed by atoms with Crippen LogP contribution in [0, 0.1) is 5.92 Å². The Labute approximate surface area is 97.0 Å². The fraction of sp³-hybridized carbons (Fsp3) is 0.917. The first kappa shape index (κ1) is 11.9. The molecule has 2 N–H and O–H groups in total. The smallest absolute Gasteiger partial charge is 0.242 e. The van der Waals surface area contributed by atoms with Crippen LogP contribution < -0.4 is 5.32 Å². The minimum absolute atomic E-state index is 0.205. The highest BCUT2D eigenvalue weighted by atomic mass is 16.3. The predicted molar refractivity (Wildman–Crippen MR) is 62.0 cm³/mol. The molecule has 2 rings (SSSR count). The molecule has 1 amide bonds. The zero-order valence-electron chi connectivity index (χ0n) is 10.0. The maximum absolute atomic E-state index is 12.4. The van der Waals surface area contributed by atoms with Crippen LogP contribution >= 0.6 is 0 Å². The van der Waals surface area contributed by atoms with E-state index in [1.54, 1.807) is 0 Å². The maximum Gasteiger partial charge on any atom is 0.242 e. The second-order valence-corrected chi connectivity index (χ2v) is 5.05. The summed E-state index contributed by atoms with van der Waals surface area (Å²) < 4.78 is 0. The molecule has 0 bridgehead atoms. The molecule has 2 unspecified atom stereocenters. The number of hydrogen-bond donors (Lipinski definition) is 2. The van der Waals surface area contributed by atoms with Gasteiger partial charge in [-0.05, 0) is 32.2 Å². The van der Waals surface area contributed by atoms with Gasteiger partial charge in [0.25, 0.3) is 0 Å². The van der Waals surface area contributed by atoms with Gasteiger partial charge in [-0.1, -0.05) is 6.92 Å². The zero-order valence-corrected chi connectivity index (χ0v) is 10.0. The van der Waals surface area contributed by atoms with E-state index in [9.17, 15) is 4.79 Å². The van der Waals surface area contributed by atoms with E-state index < -0.39 is 0 Å². The molecule has 2 atom stereocenters. The van der Waals surface area contributed by atoms with Crippen molar-refractivity contribution in [2.75, 3.05) is 26.2 Å². The van der Waals surface area contributed by atoms with Crippen molar-refractivity contribution in [1.82, 2.24) is 10.2 Å². The minimum Gasteiger partial charge on any atom is -0.396 e. The summed E-state index contributed by atoms with van der Waals surface area (Å²) in [6.45, 7) is 4.79. The summed E-state index contributed by atoms with van der Waals surface area (Å²) in [7, 11) is 0. The third kappa shape index (κ3) is 1.96. The summed E-state index contributed by atoms with van der Waals surface area (Å²) in [4.78, 5) is 14.4. The largest absolute Gasteiger partial charge is 0.396 e. The van der Waals surface area contributed by atoms with Crippen LogP contribution in [0.5, 0.6) is 0 Å².